The lowest BCUT2D eigenvalue weighted by Gasteiger charge is -2.14. The molecule has 0 aromatic heterocycles. The maximum Gasteiger partial charge on any atom is 0.407 e. The number of alkyl carbamates (subject to hydrolysis) is 1. The van der Waals surface area contributed by atoms with Crippen LogP contribution in [0.25, 0.3) is 0 Å². The van der Waals surface area contributed by atoms with Crippen molar-refractivity contribution in [2.45, 2.75) is 37.8 Å². The van der Waals surface area contributed by atoms with Crippen LogP contribution in [0.3, 0.4) is 0 Å². The highest BCUT2D eigenvalue weighted by Gasteiger charge is 2.16. The third-order valence-electron chi connectivity index (χ3n) is 4.56. The molecule has 3 rings (SSSR count). The van der Waals surface area contributed by atoms with Gasteiger partial charge in [0.05, 0.1) is 0 Å². The topological polar surface area (TPSA) is 81.7 Å². The average Bonchev–Trinajstić information content (AvgIpc) is 2.74. The predicted molar refractivity (Wildman–Crippen MR) is 118 cm³/mol. The molecule has 6 nitrogen and oxygen atoms in total. The number of amides is 1. The fourth-order valence-electron chi connectivity index (χ4n) is 2.93. The summed E-state index contributed by atoms with van der Waals surface area (Å²) in [6, 6.07) is 22.5. The first-order chi connectivity index (χ1) is 14.8. The van der Waals surface area contributed by atoms with Gasteiger partial charge in [0, 0.05) is 6.04 Å². The fourth-order valence-corrected chi connectivity index (χ4v) is 3.86. The van der Waals surface area contributed by atoms with Crippen molar-refractivity contribution < 1.29 is 22.1 Å². The number of nitrogens with one attached hydrogen (secondary N) is 1. The fraction of sp³-hybridized carbons (Fsp3) is 0.208. The molecule has 0 heterocycles. The van der Waals surface area contributed by atoms with Crippen molar-refractivity contribution in [1.29, 1.82) is 0 Å². The molecule has 3 aromatic carbocycles. The second kappa shape index (κ2) is 10.1. The minimum atomic E-state index is -3.88. The van der Waals surface area contributed by atoms with Crippen LogP contribution in [0, 0.1) is 6.92 Å². The molecule has 1 unspecified atom stereocenters. The Morgan fingerprint density at radius 3 is 2.19 bits per heavy atom. The molecule has 1 atom stereocenters. The molecule has 0 radical (unpaired) electrons. The van der Waals surface area contributed by atoms with E-state index in [0.29, 0.717) is 6.42 Å². The zero-order valence-corrected chi connectivity index (χ0v) is 18.3. The number of hydrogen-bond acceptors (Lipinski definition) is 5. The molecular weight excluding hydrogens is 414 g/mol. The van der Waals surface area contributed by atoms with E-state index in [4.69, 9.17) is 8.92 Å². The number of benzene rings is 3. The molecule has 0 saturated carbocycles. The van der Waals surface area contributed by atoms with Crippen molar-refractivity contribution >= 4 is 16.2 Å². The second-order valence-electron chi connectivity index (χ2n) is 7.31. The van der Waals surface area contributed by atoms with Crippen molar-refractivity contribution in [1.82, 2.24) is 5.32 Å². The summed E-state index contributed by atoms with van der Waals surface area (Å²) in [5.41, 5.74) is 2.81. The van der Waals surface area contributed by atoms with E-state index in [1.54, 1.807) is 36.4 Å². The second-order valence-corrected chi connectivity index (χ2v) is 8.85. The Hall–Kier alpha value is -3.32. The number of carbonyl (C=O) groups excluding carboxylic acids is 1. The SMILES string of the molecule is Cc1ccc(S(=O)(=O)Oc2ccc(CC(C)NC(=O)OCc3ccccc3)cc2)cc1. The molecule has 0 saturated heterocycles. The van der Waals surface area contributed by atoms with Gasteiger partial charge >= 0.3 is 16.2 Å². The number of hydrogen-bond donors (Lipinski definition) is 1. The zero-order chi connectivity index (χ0) is 22.3. The van der Waals surface area contributed by atoms with E-state index < -0.39 is 16.2 Å². The maximum absolute atomic E-state index is 12.4. The molecule has 0 aliphatic heterocycles. The molecule has 162 valence electrons. The standard InChI is InChI=1S/C24H25NO5S/c1-18-8-14-23(15-9-18)31(27,28)30-22-12-10-20(11-13-22)16-19(2)25-24(26)29-17-21-6-4-3-5-7-21/h3-15,19H,16-17H2,1-2H3,(H,25,26). The maximum atomic E-state index is 12.4. The summed E-state index contributed by atoms with van der Waals surface area (Å²) in [7, 11) is -3.88. The van der Waals surface area contributed by atoms with E-state index in [9.17, 15) is 13.2 Å². The van der Waals surface area contributed by atoms with Crippen LogP contribution in [0.1, 0.15) is 23.6 Å². The summed E-state index contributed by atoms with van der Waals surface area (Å²) in [5, 5.41) is 2.79. The summed E-state index contributed by atoms with van der Waals surface area (Å²) in [6.07, 6.45) is 0.0753. The predicted octanol–water partition coefficient (Wildman–Crippen LogP) is 4.62. The van der Waals surface area contributed by atoms with Crippen molar-refractivity contribution in [3.05, 3.63) is 95.6 Å². The monoisotopic (exact) mass is 439 g/mol. The summed E-state index contributed by atoms with van der Waals surface area (Å²) in [5.74, 6) is 0.229. The highest BCUT2D eigenvalue weighted by Crippen LogP contribution is 2.20. The Labute approximate surface area is 183 Å². The Bertz CT molecular complexity index is 1090. The van der Waals surface area contributed by atoms with Crippen LogP contribution in [-0.4, -0.2) is 20.6 Å². The van der Waals surface area contributed by atoms with Gasteiger partial charge in [-0.05, 0) is 55.7 Å². The molecule has 3 aromatic rings. The van der Waals surface area contributed by atoms with Crippen LogP contribution >= 0.6 is 0 Å². The van der Waals surface area contributed by atoms with Gasteiger partial charge in [-0.15, -0.1) is 0 Å². The first kappa shape index (κ1) is 22.4. The molecule has 0 aliphatic carbocycles. The molecule has 31 heavy (non-hydrogen) atoms. The number of rotatable bonds is 8. The quantitative estimate of drug-likeness (QED) is 0.518. The van der Waals surface area contributed by atoms with Crippen LogP contribution in [0.2, 0.25) is 0 Å². The van der Waals surface area contributed by atoms with Gasteiger partial charge < -0.3 is 14.2 Å². The summed E-state index contributed by atoms with van der Waals surface area (Å²) < 4.78 is 35.2. The number of carbonyl (C=O) groups is 1. The average molecular weight is 440 g/mol. The highest BCUT2D eigenvalue weighted by molar-refractivity contribution is 7.87. The lowest BCUT2D eigenvalue weighted by molar-refractivity contribution is 0.136. The molecule has 0 aliphatic rings. The molecule has 1 N–H and O–H groups in total. The number of aryl methyl sites for hydroxylation is 1. The molecule has 0 bridgehead atoms. The Morgan fingerprint density at radius 1 is 0.903 bits per heavy atom. The van der Waals surface area contributed by atoms with E-state index in [-0.39, 0.29) is 23.3 Å². The smallest absolute Gasteiger partial charge is 0.407 e. The van der Waals surface area contributed by atoms with Gasteiger partial charge in [0.1, 0.15) is 17.3 Å². The lowest BCUT2D eigenvalue weighted by Crippen LogP contribution is -2.34. The van der Waals surface area contributed by atoms with E-state index in [1.165, 1.54) is 12.1 Å². The van der Waals surface area contributed by atoms with Crippen molar-refractivity contribution in [3.8, 4) is 5.75 Å². The van der Waals surface area contributed by atoms with Gasteiger partial charge in [-0.1, -0.05) is 60.2 Å². The van der Waals surface area contributed by atoms with E-state index in [2.05, 4.69) is 5.32 Å². The molecular formula is C24H25NO5S. The van der Waals surface area contributed by atoms with Crippen LogP contribution in [0.5, 0.6) is 5.75 Å². The van der Waals surface area contributed by atoms with Crippen molar-refractivity contribution in [2.24, 2.45) is 0 Å². The van der Waals surface area contributed by atoms with Gasteiger partial charge in [0.25, 0.3) is 0 Å². The molecule has 0 spiro atoms. The van der Waals surface area contributed by atoms with Crippen LogP contribution in [0.4, 0.5) is 4.79 Å². The van der Waals surface area contributed by atoms with E-state index in [0.717, 1.165) is 16.7 Å². The summed E-state index contributed by atoms with van der Waals surface area (Å²) in [4.78, 5) is 12.1. The minimum Gasteiger partial charge on any atom is -0.445 e. The van der Waals surface area contributed by atoms with Crippen LogP contribution in [0.15, 0.2) is 83.8 Å². The first-order valence-electron chi connectivity index (χ1n) is 9.89. The van der Waals surface area contributed by atoms with Crippen LogP contribution in [-0.2, 0) is 27.9 Å². The number of ether oxygens (including phenoxy) is 1. The lowest BCUT2D eigenvalue weighted by atomic mass is 10.1. The molecule has 1 amide bonds. The molecule has 0 fully saturated rings. The van der Waals surface area contributed by atoms with E-state index in [1.807, 2.05) is 44.2 Å². The Morgan fingerprint density at radius 2 is 1.55 bits per heavy atom. The van der Waals surface area contributed by atoms with Crippen molar-refractivity contribution in [2.75, 3.05) is 0 Å². The van der Waals surface area contributed by atoms with Crippen LogP contribution < -0.4 is 9.50 Å². The third kappa shape index (κ3) is 6.86. The Kier molecular flexibility index (Phi) is 7.31. The third-order valence-corrected chi connectivity index (χ3v) is 5.82. The normalized spacial score (nSPS) is 12.1. The summed E-state index contributed by atoms with van der Waals surface area (Å²) >= 11 is 0. The van der Waals surface area contributed by atoms with Gasteiger partial charge in [0.2, 0.25) is 0 Å². The highest BCUT2D eigenvalue weighted by atomic mass is 32.2. The van der Waals surface area contributed by atoms with Gasteiger partial charge in [0.15, 0.2) is 0 Å². The summed E-state index contributed by atoms with van der Waals surface area (Å²) in [6.45, 7) is 3.96. The van der Waals surface area contributed by atoms with Gasteiger partial charge in [-0.3, -0.25) is 0 Å². The van der Waals surface area contributed by atoms with E-state index >= 15 is 0 Å². The molecule has 7 heteroatoms. The van der Waals surface area contributed by atoms with Gasteiger partial charge in [-0.2, -0.15) is 8.42 Å². The first-order valence-corrected chi connectivity index (χ1v) is 11.3. The zero-order valence-electron chi connectivity index (χ0n) is 17.4. The largest absolute Gasteiger partial charge is 0.445 e. The minimum absolute atomic E-state index is 0.106. The van der Waals surface area contributed by atoms with Gasteiger partial charge in [-0.25, -0.2) is 4.79 Å². The Balaban J connectivity index is 1.50. The van der Waals surface area contributed by atoms with Crippen molar-refractivity contribution in [3.63, 3.8) is 0 Å².